The molecule has 0 fully saturated rings. The first-order chi connectivity index (χ1) is 9.68. The lowest BCUT2D eigenvalue weighted by atomic mass is 10.1. The van der Waals surface area contributed by atoms with Gasteiger partial charge in [0.25, 0.3) is 0 Å². The van der Waals surface area contributed by atoms with E-state index in [0.717, 1.165) is 5.56 Å². The van der Waals surface area contributed by atoms with Crippen molar-refractivity contribution >= 4 is 17.6 Å². The van der Waals surface area contributed by atoms with E-state index in [1.807, 2.05) is 30.3 Å². The van der Waals surface area contributed by atoms with Crippen molar-refractivity contribution in [2.45, 2.75) is 13.2 Å². The van der Waals surface area contributed by atoms with Crippen LogP contribution in [0.4, 0.5) is 5.69 Å². The standard InChI is InChI=1S/C16H13NO3/c1-11(18)17-14-10-6-5-9-13(14)16(19)20-15(17)12-7-3-2-4-8-12/h2-10,15H,1H3/t15-/m1/s1. The third-order valence-corrected chi connectivity index (χ3v) is 3.26. The predicted octanol–water partition coefficient (Wildman–Crippen LogP) is 2.91. The molecule has 4 nitrogen and oxygen atoms in total. The molecule has 0 spiro atoms. The first-order valence-electron chi connectivity index (χ1n) is 6.33. The molecule has 0 unspecified atom stereocenters. The highest BCUT2D eigenvalue weighted by atomic mass is 16.6. The molecule has 0 aliphatic carbocycles. The summed E-state index contributed by atoms with van der Waals surface area (Å²) in [5.41, 5.74) is 1.77. The zero-order valence-electron chi connectivity index (χ0n) is 10.9. The molecule has 20 heavy (non-hydrogen) atoms. The van der Waals surface area contributed by atoms with Gasteiger partial charge in [0.2, 0.25) is 12.1 Å². The zero-order chi connectivity index (χ0) is 14.1. The van der Waals surface area contributed by atoms with Crippen LogP contribution in [0, 0.1) is 0 Å². The van der Waals surface area contributed by atoms with E-state index in [1.54, 1.807) is 24.3 Å². The number of benzene rings is 2. The van der Waals surface area contributed by atoms with Crippen molar-refractivity contribution in [1.82, 2.24) is 0 Å². The summed E-state index contributed by atoms with van der Waals surface area (Å²) >= 11 is 0. The molecule has 2 aromatic carbocycles. The van der Waals surface area contributed by atoms with Crippen molar-refractivity contribution in [3.8, 4) is 0 Å². The Hall–Kier alpha value is -2.62. The molecule has 0 N–H and O–H groups in total. The number of cyclic esters (lactones) is 1. The number of nitrogens with zero attached hydrogens (tertiary/aromatic N) is 1. The summed E-state index contributed by atoms with van der Waals surface area (Å²) < 4.78 is 5.44. The van der Waals surface area contributed by atoms with Crippen LogP contribution in [0.5, 0.6) is 0 Å². The molecule has 1 amide bonds. The van der Waals surface area contributed by atoms with Crippen molar-refractivity contribution in [2.24, 2.45) is 0 Å². The maximum Gasteiger partial charge on any atom is 0.342 e. The maximum absolute atomic E-state index is 12.1. The van der Waals surface area contributed by atoms with Crippen molar-refractivity contribution < 1.29 is 14.3 Å². The van der Waals surface area contributed by atoms with Gasteiger partial charge in [-0.2, -0.15) is 0 Å². The Morgan fingerprint density at radius 3 is 2.40 bits per heavy atom. The van der Waals surface area contributed by atoms with Crippen molar-refractivity contribution in [3.63, 3.8) is 0 Å². The number of para-hydroxylation sites is 1. The molecule has 0 saturated heterocycles. The fraction of sp³-hybridized carbons (Fsp3) is 0.125. The highest BCUT2D eigenvalue weighted by Gasteiger charge is 2.35. The molecule has 1 aliphatic heterocycles. The Labute approximate surface area is 116 Å². The van der Waals surface area contributed by atoms with E-state index >= 15 is 0 Å². The summed E-state index contributed by atoms with van der Waals surface area (Å²) in [6, 6.07) is 16.2. The number of carbonyl (C=O) groups excluding carboxylic acids is 2. The second-order valence-corrected chi connectivity index (χ2v) is 4.57. The van der Waals surface area contributed by atoms with Crippen LogP contribution in [0.25, 0.3) is 0 Å². The third kappa shape index (κ3) is 1.95. The number of ether oxygens (including phenoxy) is 1. The minimum absolute atomic E-state index is 0.168. The second kappa shape index (κ2) is 4.81. The Morgan fingerprint density at radius 2 is 1.70 bits per heavy atom. The van der Waals surface area contributed by atoms with Gasteiger partial charge in [-0.15, -0.1) is 0 Å². The van der Waals surface area contributed by atoms with Crippen LogP contribution in [0.1, 0.15) is 29.1 Å². The van der Waals surface area contributed by atoms with Crippen LogP contribution < -0.4 is 4.90 Å². The average Bonchev–Trinajstić information content (AvgIpc) is 2.47. The first kappa shape index (κ1) is 12.4. The highest BCUT2D eigenvalue weighted by molar-refractivity contribution is 6.04. The maximum atomic E-state index is 12.1. The van der Waals surface area contributed by atoms with Gasteiger partial charge in [-0.3, -0.25) is 9.69 Å². The van der Waals surface area contributed by atoms with E-state index in [2.05, 4.69) is 0 Å². The van der Waals surface area contributed by atoms with Crippen LogP contribution in [0.3, 0.4) is 0 Å². The SMILES string of the molecule is CC(=O)N1c2ccccc2C(=O)O[C@@H]1c1ccccc1. The van der Waals surface area contributed by atoms with E-state index in [1.165, 1.54) is 11.8 Å². The molecule has 0 saturated carbocycles. The van der Waals surface area contributed by atoms with Gasteiger partial charge in [-0.05, 0) is 12.1 Å². The number of hydrogen-bond acceptors (Lipinski definition) is 3. The molecule has 0 radical (unpaired) electrons. The molecule has 1 atom stereocenters. The van der Waals surface area contributed by atoms with Crippen LogP contribution in [-0.4, -0.2) is 11.9 Å². The number of hydrogen-bond donors (Lipinski definition) is 0. The lowest BCUT2D eigenvalue weighted by molar-refractivity contribution is -0.118. The summed E-state index contributed by atoms with van der Waals surface area (Å²) in [4.78, 5) is 25.6. The predicted molar refractivity (Wildman–Crippen MR) is 74.2 cm³/mol. The van der Waals surface area contributed by atoms with E-state index < -0.39 is 12.2 Å². The fourth-order valence-electron chi connectivity index (χ4n) is 2.37. The van der Waals surface area contributed by atoms with Crippen LogP contribution in [0.2, 0.25) is 0 Å². The van der Waals surface area contributed by atoms with Crippen molar-refractivity contribution in [1.29, 1.82) is 0 Å². The number of fused-ring (bicyclic) bond motifs is 1. The Balaban J connectivity index is 2.14. The lowest BCUT2D eigenvalue weighted by Gasteiger charge is -2.35. The topological polar surface area (TPSA) is 46.6 Å². The van der Waals surface area contributed by atoms with Crippen LogP contribution >= 0.6 is 0 Å². The summed E-state index contributed by atoms with van der Waals surface area (Å²) in [5, 5.41) is 0. The first-order valence-corrected chi connectivity index (χ1v) is 6.33. The Bertz CT molecular complexity index is 666. The molecular weight excluding hydrogens is 254 g/mol. The summed E-state index contributed by atoms with van der Waals surface area (Å²) in [7, 11) is 0. The van der Waals surface area contributed by atoms with Gasteiger partial charge in [0.15, 0.2) is 0 Å². The zero-order valence-corrected chi connectivity index (χ0v) is 10.9. The fourth-order valence-corrected chi connectivity index (χ4v) is 2.37. The molecule has 2 aromatic rings. The van der Waals surface area contributed by atoms with Gasteiger partial charge in [-0.25, -0.2) is 4.79 Å². The molecule has 0 bridgehead atoms. The quantitative estimate of drug-likeness (QED) is 0.746. The number of esters is 1. The van der Waals surface area contributed by atoms with E-state index in [9.17, 15) is 9.59 Å². The molecular formula is C16H13NO3. The minimum Gasteiger partial charge on any atom is -0.433 e. The smallest absolute Gasteiger partial charge is 0.342 e. The van der Waals surface area contributed by atoms with Crippen LogP contribution in [-0.2, 0) is 9.53 Å². The van der Waals surface area contributed by atoms with Crippen molar-refractivity contribution in [2.75, 3.05) is 4.90 Å². The number of anilines is 1. The number of carbonyl (C=O) groups is 2. The number of rotatable bonds is 1. The summed E-state index contributed by atoms with van der Waals surface area (Å²) in [6.45, 7) is 1.46. The lowest BCUT2D eigenvalue weighted by Crippen LogP contribution is -2.40. The van der Waals surface area contributed by atoms with Gasteiger partial charge < -0.3 is 4.74 Å². The Kier molecular flexibility index (Phi) is 2.99. The van der Waals surface area contributed by atoms with Gasteiger partial charge in [0, 0.05) is 12.5 Å². The molecule has 100 valence electrons. The van der Waals surface area contributed by atoms with Crippen molar-refractivity contribution in [3.05, 3.63) is 65.7 Å². The van der Waals surface area contributed by atoms with Gasteiger partial charge in [-0.1, -0.05) is 42.5 Å². The average molecular weight is 267 g/mol. The van der Waals surface area contributed by atoms with Gasteiger partial charge >= 0.3 is 5.97 Å². The molecule has 0 aromatic heterocycles. The molecule has 1 aliphatic rings. The van der Waals surface area contributed by atoms with Gasteiger partial charge in [0.1, 0.15) is 0 Å². The monoisotopic (exact) mass is 267 g/mol. The van der Waals surface area contributed by atoms with E-state index in [0.29, 0.717) is 11.3 Å². The van der Waals surface area contributed by atoms with E-state index in [-0.39, 0.29) is 5.91 Å². The minimum atomic E-state index is -0.712. The number of amides is 1. The second-order valence-electron chi connectivity index (χ2n) is 4.57. The summed E-state index contributed by atoms with van der Waals surface area (Å²) in [6.07, 6.45) is -0.712. The normalized spacial score (nSPS) is 17.4. The van der Waals surface area contributed by atoms with Crippen LogP contribution in [0.15, 0.2) is 54.6 Å². The molecule has 3 rings (SSSR count). The third-order valence-electron chi connectivity index (χ3n) is 3.26. The summed E-state index contributed by atoms with van der Waals surface area (Å²) in [5.74, 6) is -0.578. The van der Waals surface area contributed by atoms with E-state index in [4.69, 9.17) is 4.74 Å². The largest absolute Gasteiger partial charge is 0.433 e. The Morgan fingerprint density at radius 1 is 1.05 bits per heavy atom. The molecule has 1 heterocycles. The van der Waals surface area contributed by atoms with Gasteiger partial charge in [0.05, 0.1) is 11.3 Å². The highest BCUT2D eigenvalue weighted by Crippen LogP contribution is 2.36. The molecule has 4 heteroatoms.